The summed E-state index contributed by atoms with van der Waals surface area (Å²) in [6.45, 7) is 0.739. The highest BCUT2D eigenvalue weighted by atomic mass is 16.2. The van der Waals surface area contributed by atoms with Crippen LogP contribution in [-0.4, -0.2) is 34.9 Å². The quantitative estimate of drug-likeness (QED) is 0.733. The Morgan fingerprint density at radius 1 is 0.800 bits per heavy atom. The molecule has 6 nitrogen and oxygen atoms in total. The Balaban J connectivity index is 2.25. The van der Waals surface area contributed by atoms with E-state index in [1.165, 1.54) is 0 Å². The molecular weight excluding hydrogens is 256 g/mol. The lowest BCUT2D eigenvalue weighted by Crippen LogP contribution is -2.36. The van der Waals surface area contributed by atoms with Gasteiger partial charge in [0.25, 0.3) is 11.8 Å². The third-order valence-corrected chi connectivity index (χ3v) is 3.03. The summed E-state index contributed by atoms with van der Waals surface area (Å²) in [5, 5.41) is 5.48. The van der Waals surface area contributed by atoms with Gasteiger partial charge in [-0.25, -0.2) is 0 Å². The number of carbonyl (C=O) groups excluding carboxylic acids is 2. The summed E-state index contributed by atoms with van der Waals surface area (Å²) in [5.74, 6) is -0.443. The van der Waals surface area contributed by atoms with Gasteiger partial charge in [0.1, 0.15) is 11.4 Å². The van der Waals surface area contributed by atoms with Gasteiger partial charge in [0, 0.05) is 25.5 Å². The van der Waals surface area contributed by atoms with Gasteiger partial charge in [0.2, 0.25) is 0 Å². The molecule has 2 N–H and O–H groups in total. The number of carbonyl (C=O) groups is 2. The topological polar surface area (TPSA) is 84.0 Å². The van der Waals surface area contributed by atoms with E-state index in [1.54, 1.807) is 36.7 Å². The fraction of sp³-hybridized carbons (Fsp3) is 0.143. The lowest BCUT2D eigenvalue weighted by Gasteiger charge is -2.14. The zero-order valence-corrected chi connectivity index (χ0v) is 10.6. The van der Waals surface area contributed by atoms with Crippen LogP contribution in [0.25, 0.3) is 11.4 Å². The first-order valence-electron chi connectivity index (χ1n) is 6.24. The molecule has 0 fully saturated rings. The number of hydrogen-bond donors (Lipinski definition) is 2. The van der Waals surface area contributed by atoms with Crippen molar-refractivity contribution < 1.29 is 9.59 Å². The van der Waals surface area contributed by atoms with E-state index in [1.807, 2.05) is 0 Å². The third kappa shape index (κ3) is 2.11. The Morgan fingerprint density at radius 3 is 1.70 bits per heavy atom. The highest BCUT2D eigenvalue weighted by Crippen LogP contribution is 2.23. The zero-order valence-electron chi connectivity index (χ0n) is 10.6. The van der Waals surface area contributed by atoms with Crippen LogP contribution in [0.4, 0.5) is 0 Å². The van der Waals surface area contributed by atoms with Crippen molar-refractivity contribution in [3.63, 3.8) is 0 Å². The van der Waals surface area contributed by atoms with E-state index >= 15 is 0 Å². The summed E-state index contributed by atoms with van der Waals surface area (Å²) in [6, 6.07) is 6.73. The van der Waals surface area contributed by atoms with Gasteiger partial charge in [-0.15, -0.1) is 0 Å². The second-order valence-corrected chi connectivity index (χ2v) is 4.31. The van der Waals surface area contributed by atoms with Crippen molar-refractivity contribution in [1.82, 2.24) is 20.6 Å². The van der Waals surface area contributed by atoms with Crippen molar-refractivity contribution in [2.45, 2.75) is 0 Å². The van der Waals surface area contributed by atoms with Gasteiger partial charge in [0.15, 0.2) is 0 Å². The van der Waals surface area contributed by atoms with Crippen molar-refractivity contribution in [3.8, 4) is 11.4 Å². The maximum atomic E-state index is 12.1. The molecule has 0 spiro atoms. The molecule has 1 aliphatic rings. The van der Waals surface area contributed by atoms with Crippen molar-refractivity contribution in [2.24, 2.45) is 0 Å². The number of pyridine rings is 2. The molecule has 1 aliphatic heterocycles. The maximum absolute atomic E-state index is 12.1. The molecule has 3 heterocycles. The average molecular weight is 268 g/mol. The smallest absolute Gasteiger partial charge is 0.253 e. The van der Waals surface area contributed by atoms with E-state index in [0.717, 1.165) is 0 Å². The van der Waals surface area contributed by atoms with Gasteiger partial charge < -0.3 is 10.6 Å². The molecule has 0 saturated carbocycles. The van der Waals surface area contributed by atoms with Crippen LogP contribution < -0.4 is 10.6 Å². The molecular formula is C14H12N4O2. The Hall–Kier alpha value is -2.76. The lowest BCUT2D eigenvalue weighted by atomic mass is 10.0. The summed E-state index contributed by atoms with van der Waals surface area (Å²) in [5.41, 5.74) is 1.67. The Labute approximate surface area is 115 Å². The molecule has 0 aromatic carbocycles. The minimum Gasteiger partial charge on any atom is -0.350 e. The molecule has 0 atom stereocenters. The molecule has 100 valence electrons. The van der Waals surface area contributed by atoms with Crippen LogP contribution in [0.2, 0.25) is 0 Å². The van der Waals surface area contributed by atoms with Gasteiger partial charge in [-0.3, -0.25) is 19.6 Å². The van der Waals surface area contributed by atoms with Crippen LogP contribution in [0.15, 0.2) is 36.7 Å². The summed E-state index contributed by atoms with van der Waals surface area (Å²) in [4.78, 5) is 32.7. The fourth-order valence-electron chi connectivity index (χ4n) is 2.10. The fourth-order valence-corrected chi connectivity index (χ4v) is 2.10. The van der Waals surface area contributed by atoms with E-state index in [4.69, 9.17) is 0 Å². The maximum Gasteiger partial charge on any atom is 0.253 e. The predicted octanol–water partition coefficient (Wildman–Crippen LogP) is 0.617. The first kappa shape index (κ1) is 12.3. The molecule has 2 aromatic rings. The van der Waals surface area contributed by atoms with Crippen molar-refractivity contribution in [3.05, 3.63) is 47.8 Å². The van der Waals surface area contributed by atoms with E-state index in [9.17, 15) is 9.59 Å². The number of hydrogen-bond acceptors (Lipinski definition) is 4. The first-order chi connectivity index (χ1) is 9.77. The van der Waals surface area contributed by atoms with Gasteiger partial charge in [-0.1, -0.05) is 0 Å². The van der Waals surface area contributed by atoms with Gasteiger partial charge in [-0.2, -0.15) is 0 Å². The molecule has 0 radical (unpaired) electrons. The number of aromatic nitrogens is 2. The van der Waals surface area contributed by atoms with E-state index in [-0.39, 0.29) is 11.8 Å². The summed E-state index contributed by atoms with van der Waals surface area (Å²) in [6.07, 6.45) is 3.16. The molecule has 3 rings (SSSR count). The van der Waals surface area contributed by atoms with Crippen LogP contribution in [0.3, 0.4) is 0 Å². The largest absolute Gasteiger partial charge is 0.350 e. The third-order valence-electron chi connectivity index (χ3n) is 3.03. The second kappa shape index (κ2) is 5.08. The number of nitrogens with zero attached hydrogens (tertiary/aromatic N) is 2. The van der Waals surface area contributed by atoms with E-state index in [2.05, 4.69) is 20.6 Å². The number of fused-ring (bicyclic) bond motifs is 3. The lowest BCUT2D eigenvalue weighted by molar-refractivity contribution is 0.0926. The molecule has 20 heavy (non-hydrogen) atoms. The summed E-state index contributed by atoms with van der Waals surface area (Å²) >= 11 is 0. The first-order valence-corrected chi connectivity index (χ1v) is 6.24. The molecule has 0 unspecified atom stereocenters. The van der Waals surface area contributed by atoms with E-state index < -0.39 is 0 Å². The number of amides is 2. The minimum absolute atomic E-state index is 0.221. The highest BCUT2D eigenvalue weighted by Gasteiger charge is 2.21. The van der Waals surface area contributed by atoms with E-state index in [0.29, 0.717) is 35.6 Å². The Bertz CT molecular complexity index is 625. The monoisotopic (exact) mass is 268 g/mol. The second-order valence-electron chi connectivity index (χ2n) is 4.31. The highest BCUT2D eigenvalue weighted by molar-refractivity contribution is 6.04. The van der Waals surface area contributed by atoms with Crippen molar-refractivity contribution >= 4 is 11.8 Å². The minimum atomic E-state index is -0.221. The zero-order chi connectivity index (χ0) is 13.9. The van der Waals surface area contributed by atoms with Crippen LogP contribution in [0.5, 0.6) is 0 Å². The van der Waals surface area contributed by atoms with Crippen LogP contribution in [-0.2, 0) is 0 Å². The number of nitrogens with one attached hydrogen (secondary N) is 2. The van der Waals surface area contributed by atoms with Gasteiger partial charge >= 0.3 is 0 Å². The van der Waals surface area contributed by atoms with Crippen LogP contribution >= 0.6 is 0 Å². The van der Waals surface area contributed by atoms with Crippen LogP contribution in [0.1, 0.15) is 20.7 Å². The molecule has 2 amide bonds. The van der Waals surface area contributed by atoms with Gasteiger partial charge in [-0.05, 0) is 24.3 Å². The SMILES string of the molecule is O=C1NCCNC(=O)c2cccnc2-c2ncccc21. The van der Waals surface area contributed by atoms with Crippen molar-refractivity contribution in [1.29, 1.82) is 0 Å². The van der Waals surface area contributed by atoms with Gasteiger partial charge in [0.05, 0.1) is 11.1 Å². The summed E-state index contributed by atoms with van der Waals surface area (Å²) in [7, 11) is 0. The standard InChI is InChI=1S/C14H12N4O2/c19-13-9-3-1-5-15-11(9)12-10(4-2-6-16-12)14(20)18-8-7-17-13/h1-6H,7-8H2,(H,17,19)(H,18,20). The average Bonchev–Trinajstić information content (AvgIpc) is 2.50. The Morgan fingerprint density at radius 2 is 1.25 bits per heavy atom. The molecule has 6 heteroatoms. The normalized spacial score (nSPS) is 14.6. The Kier molecular flexibility index (Phi) is 3.12. The van der Waals surface area contributed by atoms with Crippen molar-refractivity contribution in [2.75, 3.05) is 13.1 Å². The van der Waals surface area contributed by atoms with Crippen LogP contribution in [0, 0.1) is 0 Å². The number of rotatable bonds is 0. The predicted molar refractivity (Wildman–Crippen MR) is 72.1 cm³/mol. The summed E-state index contributed by atoms with van der Waals surface area (Å²) < 4.78 is 0. The molecule has 0 bridgehead atoms. The molecule has 0 aliphatic carbocycles. The molecule has 0 saturated heterocycles. The molecule has 2 aromatic heterocycles.